The molecule has 0 bridgehead atoms. The monoisotopic (exact) mass is 416 g/mol. The molecule has 2 aliphatic rings. The number of ether oxygens (including phenoxy) is 1. The second kappa shape index (κ2) is 7.02. The lowest BCUT2D eigenvalue weighted by Crippen LogP contribution is -2.47. The number of nitrogens with zero attached hydrogens (tertiary/aromatic N) is 2. The number of carbonyl (C=O) groups is 1. The van der Waals surface area contributed by atoms with Gasteiger partial charge in [-0.3, -0.25) is 4.98 Å². The van der Waals surface area contributed by atoms with E-state index in [1.54, 1.807) is 30.5 Å². The van der Waals surface area contributed by atoms with Gasteiger partial charge in [-0.2, -0.15) is 0 Å². The molecular weight excluding hydrogens is 392 g/mol. The number of piperidine rings is 1. The third-order valence-corrected chi connectivity index (χ3v) is 7.17. The quantitative estimate of drug-likeness (QED) is 0.825. The zero-order chi connectivity index (χ0) is 20.8. The molecule has 0 saturated carbocycles. The van der Waals surface area contributed by atoms with E-state index < -0.39 is 15.9 Å². The Labute approximate surface area is 170 Å². The van der Waals surface area contributed by atoms with Crippen molar-refractivity contribution >= 4 is 15.9 Å². The van der Waals surface area contributed by atoms with Crippen molar-refractivity contribution < 1.29 is 23.1 Å². The summed E-state index contributed by atoms with van der Waals surface area (Å²) >= 11 is 0. The van der Waals surface area contributed by atoms with Gasteiger partial charge in [0.25, 0.3) is 0 Å². The van der Waals surface area contributed by atoms with Crippen molar-refractivity contribution in [3.63, 3.8) is 0 Å². The number of hydrogen-bond acceptors (Lipinski definition) is 5. The highest BCUT2D eigenvalue weighted by Crippen LogP contribution is 2.43. The van der Waals surface area contributed by atoms with Crippen LogP contribution in [-0.2, 0) is 16.3 Å². The molecule has 0 unspecified atom stereocenters. The minimum atomic E-state index is -3.23. The molecule has 29 heavy (non-hydrogen) atoms. The molecule has 3 heterocycles. The minimum absolute atomic E-state index is 0.281. The molecule has 1 fully saturated rings. The van der Waals surface area contributed by atoms with Crippen molar-refractivity contribution in [2.24, 2.45) is 5.92 Å². The van der Waals surface area contributed by atoms with Gasteiger partial charge in [0.15, 0.2) is 9.84 Å². The summed E-state index contributed by atoms with van der Waals surface area (Å²) in [5.74, 6) is 1.05. The molecule has 2 aliphatic heterocycles. The van der Waals surface area contributed by atoms with E-state index in [0.29, 0.717) is 13.1 Å². The van der Waals surface area contributed by atoms with E-state index >= 15 is 0 Å². The molecule has 4 rings (SSSR count). The van der Waals surface area contributed by atoms with Gasteiger partial charge in [0, 0.05) is 42.8 Å². The molecule has 154 valence electrons. The van der Waals surface area contributed by atoms with Crippen LogP contribution in [0.1, 0.15) is 25.3 Å². The Morgan fingerprint density at radius 2 is 1.90 bits per heavy atom. The Hall–Kier alpha value is -2.61. The first-order chi connectivity index (χ1) is 13.7. The average molecular weight is 416 g/mol. The van der Waals surface area contributed by atoms with Crippen LogP contribution in [0, 0.1) is 5.92 Å². The van der Waals surface area contributed by atoms with Crippen molar-refractivity contribution in [3.05, 3.63) is 42.1 Å². The van der Waals surface area contributed by atoms with Crippen LogP contribution >= 0.6 is 0 Å². The Morgan fingerprint density at radius 1 is 1.24 bits per heavy atom. The molecule has 1 saturated heterocycles. The van der Waals surface area contributed by atoms with E-state index in [1.165, 1.54) is 11.2 Å². The third kappa shape index (κ3) is 3.81. The molecule has 1 aromatic carbocycles. The van der Waals surface area contributed by atoms with Crippen molar-refractivity contribution in [2.45, 2.75) is 36.7 Å². The predicted molar refractivity (Wildman–Crippen MR) is 108 cm³/mol. The summed E-state index contributed by atoms with van der Waals surface area (Å²) in [5.41, 5.74) is 2.33. The molecule has 1 amide bonds. The van der Waals surface area contributed by atoms with Crippen molar-refractivity contribution in [3.8, 4) is 17.0 Å². The Balaban J connectivity index is 1.52. The first-order valence-corrected chi connectivity index (χ1v) is 11.5. The average Bonchev–Trinajstić information content (AvgIpc) is 3.04. The molecule has 8 heteroatoms. The number of fused-ring (bicyclic) bond motifs is 1. The zero-order valence-electron chi connectivity index (χ0n) is 16.5. The van der Waals surface area contributed by atoms with Crippen LogP contribution in [0.5, 0.6) is 5.75 Å². The maximum atomic E-state index is 11.6. The lowest BCUT2D eigenvalue weighted by Gasteiger charge is -2.39. The van der Waals surface area contributed by atoms with E-state index in [2.05, 4.69) is 11.9 Å². The Kier molecular flexibility index (Phi) is 4.77. The number of rotatable bonds is 3. The van der Waals surface area contributed by atoms with Gasteiger partial charge in [0.2, 0.25) is 0 Å². The van der Waals surface area contributed by atoms with Gasteiger partial charge in [-0.25, -0.2) is 13.2 Å². The fourth-order valence-electron chi connectivity index (χ4n) is 4.32. The van der Waals surface area contributed by atoms with Crippen LogP contribution in [0.4, 0.5) is 4.79 Å². The first kappa shape index (κ1) is 19.7. The predicted octanol–water partition coefficient (Wildman–Crippen LogP) is 3.24. The van der Waals surface area contributed by atoms with E-state index in [4.69, 9.17) is 9.84 Å². The van der Waals surface area contributed by atoms with Crippen LogP contribution < -0.4 is 4.74 Å². The molecule has 0 radical (unpaired) electrons. The van der Waals surface area contributed by atoms with Crippen LogP contribution in [0.2, 0.25) is 0 Å². The summed E-state index contributed by atoms with van der Waals surface area (Å²) in [4.78, 5) is 17.4. The number of amides is 1. The van der Waals surface area contributed by atoms with Gasteiger partial charge in [-0.1, -0.05) is 12.1 Å². The maximum Gasteiger partial charge on any atom is 0.407 e. The normalized spacial score (nSPS) is 22.2. The molecule has 2 aromatic rings. The Morgan fingerprint density at radius 3 is 2.48 bits per heavy atom. The number of carboxylic acid groups (broad SMARTS) is 1. The number of sulfone groups is 1. The van der Waals surface area contributed by atoms with Crippen LogP contribution in [0.25, 0.3) is 11.3 Å². The third-order valence-electron chi connectivity index (χ3n) is 6.04. The number of likely N-dealkylation sites (tertiary alicyclic amines) is 1. The fourth-order valence-corrected chi connectivity index (χ4v) is 4.95. The fraction of sp³-hybridized carbons (Fsp3) is 0.429. The Bertz CT molecular complexity index is 1040. The first-order valence-electron chi connectivity index (χ1n) is 9.62. The van der Waals surface area contributed by atoms with Gasteiger partial charge in [-0.15, -0.1) is 0 Å². The summed E-state index contributed by atoms with van der Waals surface area (Å²) in [5, 5.41) is 9.15. The van der Waals surface area contributed by atoms with Crippen LogP contribution in [0.3, 0.4) is 0 Å². The highest BCUT2D eigenvalue weighted by atomic mass is 32.2. The smallest absolute Gasteiger partial charge is 0.407 e. The minimum Gasteiger partial charge on any atom is -0.485 e. The van der Waals surface area contributed by atoms with Crippen molar-refractivity contribution in [1.82, 2.24) is 9.88 Å². The number of aromatic nitrogens is 1. The molecule has 1 N–H and O–H groups in total. The van der Waals surface area contributed by atoms with E-state index in [9.17, 15) is 13.2 Å². The molecular formula is C21H24N2O5S. The molecule has 1 atom stereocenters. The number of pyridine rings is 1. The number of hydrogen-bond donors (Lipinski definition) is 1. The SMILES string of the molecule is C[C@]1(C2CCN(C(=O)O)CC2)Cc2cc(-c3ccc(S(C)(=O)=O)cc3)ncc2O1. The van der Waals surface area contributed by atoms with Crippen LogP contribution in [-0.4, -0.2) is 54.4 Å². The molecule has 0 spiro atoms. The second-order valence-electron chi connectivity index (χ2n) is 8.11. The topological polar surface area (TPSA) is 96.8 Å². The summed E-state index contributed by atoms with van der Waals surface area (Å²) < 4.78 is 29.6. The van der Waals surface area contributed by atoms with Gasteiger partial charge < -0.3 is 14.7 Å². The van der Waals surface area contributed by atoms with Crippen molar-refractivity contribution in [2.75, 3.05) is 19.3 Å². The van der Waals surface area contributed by atoms with E-state index in [-0.39, 0.29) is 16.4 Å². The second-order valence-corrected chi connectivity index (χ2v) is 10.1. The molecule has 1 aromatic heterocycles. The number of benzene rings is 1. The maximum absolute atomic E-state index is 11.6. The molecule has 0 aliphatic carbocycles. The van der Waals surface area contributed by atoms with Gasteiger partial charge >= 0.3 is 6.09 Å². The highest BCUT2D eigenvalue weighted by Gasteiger charge is 2.43. The lowest BCUT2D eigenvalue weighted by molar-refractivity contribution is 0.0130. The largest absolute Gasteiger partial charge is 0.485 e. The molecule has 7 nitrogen and oxygen atoms in total. The summed E-state index contributed by atoms with van der Waals surface area (Å²) in [7, 11) is -3.23. The van der Waals surface area contributed by atoms with Crippen LogP contribution in [0.15, 0.2) is 41.4 Å². The highest BCUT2D eigenvalue weighted by molar-refractivity contribution is 7.90. The van der Waals surface area contributed by atoms with Crippen molar-refractivity contribution in [1.29, 1.82) is 0 Å². The van der Waals surface area contributed by atoms with E-state index in [0.717, 1.165) is 41.8 Å². The van der Waals surface area contributed by atoms with Gasteiger partial charge in [0.1, 0.15) is 11.4 Å². The van der Waals surface area contributed by atoms with Gasteiger partial charge in [-0.05, 0) is 38.0 Å². The standard InChI is InChI=1S/C21H24N2O5S/c1-21(16-7-9-23(10-8-16)20(24)25)12-15-11-18(22-13-19(15)28-21)14-3-5-17(6-4-14)29(2,26)27/h3-6,11,13,16H,7-10,12H2,1-2H3,(H,24,25)/t21-/m1/s1. The zero-order valence-corrected chi connectivity index (χ0v) is 17.3. The lowest BCUT2D eigenvalue weighted by atomic mass is 9.79. The van der Waals surface area contributed by atoms with Gasteiger partial charge in [0.05, 0.1) is 16.8 Å². The summed E-state index contributed by atoms with van der Waals surface area (Å²) in [6.07, 6.45) is 4.37. The summed E-state index contributed by atoms with van der Waals surface area (Å²) in [6.45, 7) is 3.16. The summed E-state index contributed by atoms with van der Waals surface area (Å²) in [6, 6.07) is 8.72. The van der Waals surface area contributed by atoms with E-state index in [1.807, 2.05) is 6.07 Å².